The van der Waals surface area contributed by atoms with E-state index in [0.29, 0.717) is 5.52 Å². The van der Waals surface area contributed by atoms with Crippen LogP contribution in [0.3, 0.4) is 0 Å². The Bertz CT molecular complexity index is 1230. The molecule has 1 heterocycles. The van der Waals surface area contributed by atoms with Crippen LogP contribution in [0.15, 0.2) is 60.8 Å². The highest BCUT2D eigenvalue weighted by molar-refractivity contribution is 5.90. The quantitative estimate of drug-likeness (QED) is 0.295. The van der Waals surface area contributed by atoms with Crippen molar-refractivity contribution in [1.82, 2.24) is 9.88 Å². The van der Waals surface area contributed by atoms with Crippen LogP contribution in [-0.4, -0.2) is 41.0 Å². The number of nitrogens with zero attached hydrogens (tertiary/aromatic N) is 1. The molecular weight excluding hydrogens is 472 g/mol. The first-order valence-electron chi connectivity index (χ1n) is 12.5. The minimum atomic E-state index is -0.995. The number of carbonyl (C=O) groups excluding carboxylic acids is 3. The van der Waals surface area contributed by atoms with E-state index in [-0.39, 0.29) is 19.1 Å². The maximum absolute atomic E-state index is 13.0. The number of amides is 1. The first kappa shape index (κ1) is 27.8. The van der Waals surface area contributed by atoms with Crippen LogP contribution in [0.1, 0.15) is 58.6 Å². The monoisotopic (exact) mass is 508 g/mol. The fourth-order valence-corrected chi connectivity index (χ4v) is 4.20. The van der Waals surface area contributed by atoms with Gasteiger partial charge in [-0.25, -0.2) is 14.4 Å². The van der Waals surface area contributed by atoms with Crippen molar-refractivity contribution in [2.45, 2.75) is 65.7 Å². The lowest BCUT2D eigenvalue weighted by atomic mass is 9.82. The Kier molecular flexibility index (Phi) is 8.97. The van der Waals surface area contributed by atoms with E-state index >= 15 is 0 Å². The van der Waals surface area contributed by atoms with Crippen LogP contribution in [-0.2, 0) is 25.6 Å². The van der Waals surface area contributed by atoms with Gasteiger partial charge in [-0.1, -0.05) is 56.3 Å². The summed E-state index contributed by atoms with van der Waals surface area (Å²) in [6, 6.07) is 15.8. The molecule has 0 saturated carbocycles. The molecule has 0 radical (unpaired) electrons. The Hall–Kier alpha value is -3.81. The molecule has 1 aromatic heterocycles. The van der Waals surface area contributed by atoms with Crippen LogP contribution in [0.2, 0.25) is 0 Å². The van der Waals surface area contributed by atoms with E-state index < -0.39 is 35.7 Å². The average molecular weight is 509 g/mol. The van der Waals surface area contributed by atoms with E-state index in [0.717, 1.165) is 16.5 Å². The van der Waals surface area contributed by atoms with Gasteiger partial charge in [-0.15, -0.1) is 0 Å². The number of nitrogens with one attached hydrogen (secondary N) is 1. The van der Waals surface area contributed by atoms with Crippen molar-refractivity contribution in [2.75, 3.05) is 6.61 Å². The Labute approximate surface area is 217 Å². The largest absolute Gasteiger partial charge is 0.464 e. The third-order valence-corrected chi connectivity index (χ3v) is 5.80. The van der Waals surface area contributed by atoms with Gasteiger partial charge in [0.15, 0.2) is 0 Å². The molecule has 0 aliphatic carbocycles. The molecule has 0 bridgehead atoms. The summed E-state index contributed by atoms with van der Waals surface area (Å²) in [6.07, 6.45) is 0.450. The summed E-state index contributed by atoms with van der Waals surface area (Å²) in [5.41, 5.74) is 1.60. The molecule has 3 rings (SSSR count). The minimum absolute atomic E-state index is 0.0637. The van der Waals surface area contributed by atoms with Gasteiger partial charge in [-0.05, 0) is 56.9 Å². The number of aromatic nitrogens is 1. The van der Waals surface area contributed by atoms with E-state index in [2.05, 4.69) is 5.32 Å². The smallest absolute Gasteiger partial charge is 0.418 e. The summed E-state index contributed by atoms with van der Waals surface area (Å²) in [7, 11) is 0. The van der Waals surface area contributed by atoms with E-state index in [9.17, 15) is 14.4 Å². The Morgan fingerprint density at radius 1 is 0.973 bits per heavy atom. The Morgan fingerprint density at radius 2 is 1.68 bits per heavy atom. The summed E-state index contributed by atoms with van der Waals surface area (Å²) in [4.78, 5) is 38.6. The minimum Gasteiger partial charge on any atom is -0.464 e. The van der Waals surface area contributed by atoms with Gasteiger partial charge in [0.05, 0.1) is 12.1 Å². The van der Waals surface area contributed by atoms with Crippen LogP contribution in [0.25, 0.3) is 10.9 Å². The molecule has 0 saturated heterocycles. The van der Waals surface area contributed by atoms with E-state index in [4.69, 9.17) is 14.2 Å². The van der Waals surface area contributed by atoms with E-state index in [1.54, 1.807) is 13.1 Å². The van der Waals surface area contributed by atoms with Crippen molar-refractivity contribution < 1.29 is 28.6 Å². The maximum atomic E-state index is 13.0. The molecule has 37 heavy (non-hydrogen) atoms. The molecular formula is C29H36N2O6. The summed E-state index contributed by atoms with van der Waals surface area (Å²) in [6.45, 7) is 11.3. The topological polar surface area (TPSA) is 95.9 Å². The second-order valence-corrected chi connectivity index (χ2v) is 10.2. The van der Waals surface area contributed by atoms with Crippen molar-refractivity contribution in [3.05, 3.63) is 71.9 Å². The fourth-order valence-electron chi connectivity index (χ4n) is 4.20. The van der Waals surface area contributed by atoms with Crippen molar-refractivity contribution in [3.8, 4) is 0 Å². The maximum Gasteiger partial charge on any atom is 0.418 e. The second kappa shape index (κ2) is 12.0. The number of carbonyl (C=O) groups is 3. The van der Waals surface area contributed by atoms with Crippen molar-refractivity contribution in [2.24, 2.45) is 5.92 Å². The summed E-state index contributed by atoms with van der Waals surface area (Å²) in [5.74, 6) is -1.07. The predicted octanol–water partition coefficient (Wildman–Crippen LogP) is 6.02. The summed E-state index contributed by atoms with van der Waals surface area (Å²) in [5, 5.41) is 3.58. The first-order valence-corrected chi connectivity index (χ1v) is 12.5. The van der Waals surface area contributed by atoms with Gasteiger partial charge in [0.25, 0.3) is 0 Å². The molecule has 8 heteroatoms. The van der Waals surface area contributed by atoms with Crippen LogP contribution >= 0.6 is 0 Å². The number of rotatable bonds is 8. The molecule has 2 atom stereocenters. The van der Waals surface area contributed by atoms with Gasteiger partial charge in [0.1, 0.15) is 18.2 Å². The number of benzene rings is 2. The molecule has 8 nitrogen and oxygen atoms in total. The highest BCUT2D eigenvalue weighted by atomic mass is 16.6. The molecule has 2 unspecified atom stereocenters. The van der Waals surface area contributed by atoms with Crippen LogP contribution < -0.4 is 5.32 Å². The van der Waals surface area contributed by atoms with Gasteiger partial charge in [0, 0.05) is 17.5 Å². The predicted molar refractivity (Wildman–Crippen MR) is 141 cm³/mol. The SMILES string of the molecule is CCOC(=O)C(NC(=O)OCc1ccccc1)C(c1ccc2ccn(C(=O)OC(C)(C)C)c2c1)C(C)C. The van der Waals surface area contributed by atoms with Crippen LogP contribution in [0, 0.1) is 5.92 Å². The van der Waals surface area contributed by atoms with Gasteiger partial charge in [0.2, 0.25) is 0 Å². The molecule has 0 aliphatic rings. The third kappa shape index (κ3) is 7.35. The lowest BCUT2D eigenvalue weighted by Crippen LogP contribution is -2.47. The molecule has 1 amide bonds. The molecule has 2 aromatic carbocycles. The van der Waals surface area contributed by atoms with Gasteiger partial charge in [-0.2, -0.15) is 0 Å². The number of alkyl carbamates (subject to hydrolysis) is 1. The molecule has 0 fully saturated rings. The Morgan fingerprint density at radius 3 is 2.30 bits per heavy atom. The highest BCUT2D eigenvalue weighted by Crippen LogP contribution is 2.32. The number of esters is 1. The Balaban J connectivity index is 1.92. The van der Waals surface area contributed by atoms with Gasteiger partial charge in [-0.3, -0.25) is 4.57 Å². The summed E-state index contributed by atoms with van der Waals surface area (Å²) >= 11 is 0. The van der Waals surface area contributed by atoms with E-state index in [1.165, 1.54) is 4.57 Å². The molecule has 0 aliphatic heterocycles. The second-order valence-electron chi connectivity index (χ2n) is 10.2. The molecule has 3 aromatic rings. The molecule has 1 N–H and O–H groups in total. The number of fused-ring (bicyclic) bond motifs is 1. The summed E-state index contributed by atoms with van der Waals surface area (Å²) < 4.78 is 17.7. The third-order valence-electron chi connectivity index (χ3n) is 5.80. The zero-order chi connectivity index (χ0) is 27.2. The molecule has 198 valence electrons. The normalized spacial score (nSPS) is 13.2. The van der Waals surface area contributed by atoms with E-state index in [1.807, 2.05) is 89.2 Å². The van der Waals surface area contributed by atoms with Crippen LogP contribution in [0.5, 0.6) is 0 Å². The lowest BCUT2D eigenvalue weighted by molar-refractivity contribution is -0.146. The molecule has 0 spiro atoms. The first-order chi connectivity index (χ1) is 17.5. The number of hydrogen-bond donors (Lipinski definition) is 1. The number of hydrogen-bond acceptors (Lipinski definition) is 6. The zero-order valence-corrected chi connectivity index (χ0v) is 22.3. The zero-order valence-electron chi connectivity index (χ0n) is 22.3. The number of ether oxygens (including phenoxy) is 3. The standard InChI is InChI=1S/C29H36N2O6/c1-7-35-26(32)25(30-27(33)36-18-20-11-9-8-10-12-20)24(19(2)3)22-14-13-21-15-16-31(23(21)17-22)28(34)37-29(4,5)6/h8-17,19,24-25H,7,18H2,1-6H3,(H,30,33). The van der Waals surface area contributed by atoms with Crippen molar-refractivity contribution in [3.63, 3.8) is 0 Å². The lowest BCUT2D eigenvalue weighted by Gasteiger charge is -2.29. The van der Waals surface area contributed by atoms with Gasteiger partial charge < -0.3 is 19.5 Å². The van der Waals surface area contributed by atoms with Crippen LogP contribution in [0.4, 0.5) is 9.59 Å². The van der Waals surface area contributed by atoms with Crippen molar-refractivity contribution in [1.29, 1.82) is 0 Å². The highest BCUT2D eigenvalue weighted by Gasteiger charge is 2.35. The van der Waals surface area contributed by atoms with Gasteiger partial charge >= 0.3 is 18.2 Å². The van der Waals surface area contributed by atoms with Crippen molar-refractivity contribution >= 4 is 29.1 Å². The fraction of sp³-hybridized carbons (Fsp3) is 0.414. The average Bonchev–Trinajstić information content (AvgIpc) is 3.25.